The van der Waals surface area contributed by atoms with E-state index in [-0.39, 0.29) is 0 Å². The molecule has 22 heavy (non-hydrogen) atoms. The van der Waals surface area contributed by atoms with Crippen molar-refractivity contribution in [2.75, 3.05) is 7.11 Å². The van der Waals surface area contributed by atoms with Crippen LogP contribution in [0.2, 0.25) is 0 Å². The Balaban J connectivity index is 1.68. The normalized spacial score (nSPS) is 12.3. The molecule has 0 fully saturated rings. The van der Waals surface area contributed by atoms with Crippen LogP contribution in [0.3, 0.4) is 0 Å². The van der Waals surface area contributed by atoms with Crippen LogP contribution < -0.4 is 10.1 Å². The quantitative estimate of drug-likeness (QED) is 0.735. The van der Waals surface area contributed by atoms with Crippen molar-refractivity contribution in [3.05, 3.63) is 77.9 Å². The molecule has 0 saturated carbocycles. The highest BCUT2D eigenvalue weighted by Gasteiger charge is 2.06. The van der Waals surface area contributed by atoms with Gasteiger partial charge in [-0.05, 0) is 47.0 Å². The molecule has 2 nitrogen and oxygen atoms in total. The number of hydrogen-bond donors (Lipinski definition) is 1. The third kappa shape index (κ3) is 3.29. The molecule has 0 spiro atoms. The van der Waals surface area contributed by atoms with E-state index in [9.17, 15) is 0 Å². The Morgan fingerprint density at radius 1 is 0.909 bits per heavy atom. The van der Waals surface area contributed by atoms with Crippen LogP contribution in [-0.2, 0) is 6.54 Å². The van der Waals surface area contributed by atoms with E-state index in [1.807, 2.05) is 12.1 Å². The molecule has 0 heterocycles. The van der Waals surface area contributed by atoms with Gasteiger partial charge in [-0.1, -0.05) is 48.5 Å². The van der Waals surface area contributed by atoms with E-state index >= 15 is 0 Å². The molecule has 3 aromatic rings. The van der Waals surface area contributed by atoms with Crippen LogP contribution in [0.4, 0.5) is 0 Å². The van der Waals surface area contributed by atoms with Gasteiger partial charge in [-0.3, -0.25) is 0 Å². The summed E-state index contributed by atoms with van der Waals surface area (Å²) in [7, 11) is 1.69. The van der Waals surface area contributed by atoms with Crippen LogP contribution in [0, 0.1) is 0 Å². The van der Waals surface area contributed by atoms with E-state index in [2.05, 4.69) is 66.8 Å². The summed E-state index contributed by atoms with van der Waals surface area (Å²) in [6.45, 7) is 3.05. The summed E-state index contributed by atoms with van der Waals surface area (Å²) in [4.78, 5) is 0. The zero-order valence-corrected chi connectivity index (χ0v) is 13.0. The van der Waals surface area contributed by atoms with Crippen molar-refractivity contribution in [1.82, 2.24) is 5.32 Å². The summed E-state index contributed by atoms with van der Waals surface area (Å²) >= 11 is 0. The second kappa shape index (κ2) is 6.63. The predicted octanol–water partition coefficient (Wildman–Crippen LogP) is 4.70. The Morgan fingerprint density at radius 3 is 2.36 bits per heavy atom. The molecular formula is C20H21NO. The van der Waals surface area contributed by atoms with Gasteiger partial charge >= 0.3 is 0 Å². The fraction of sp³-hybridized carbons (Fsp3) is 0.200. The zero-order chi connectivity index (χ0) is 15.4. The van der Waals surface area contributed by atoms with Crippen molar-refractivity contribution in [3.8, 4) is 5.75 Å². The number of methoxy groups -OCH3 is 1. The van der Waals surface area contributed by atoms with E-state index in [1.165, 1.54) is 21.9 Å². The zero-order valence-electron chi connectivity index (χ0n) is 13.0. The van der Waals surface area contributed by atoms with Gasteiger partial charge < -0.3 is 10.1 Å². The third-order valence-electron chi connectivity index (χ3n) is 4.04. The van der Waals surface area contributed by atoms with Crippen molar-refractivity contribution in [1.29, 1.82) is 0 Å². The molecule has 3 rings (SSSR count). The number of ether oxygens (including phenoxy) is 1. The minimum absolute atomic E-state index is 0.312. The fourth-order valence-corrected chi connectivity index (χ4v) is 2.61. The molecule has 1 atom stereocenters. The lowest BCUT2D eigenvalue weighted by Gasteiger charge is -2.15. The van der Waals surface area contributed by atoms with Crippen molar-refractivity contribution in [2.24, 2.45) is 0 Å². The molecule has 3 aromatic carbocycles. The maximum absolute atomic E-state index is 5.18. The lowest BCUT2D eigenvalue weighted by atomic mass is 10.0. The molecule has 112 valence electrons. The van der Waals surface area contributed by atoms with E-state index < -0.39 is 0 Å². The maximum atomic E-state index is 5.18. The van der Waals surface area contributed by atoms with E-state index in [1.54, 1.807) is 7.11 Å². The molecule has 1 N–H and O–H groups in total. The molecule has 0 amide bonds. The van der Waals surface area contributed by atoms with Crippen molar-refractivity contribution >= 4 is 10.8 Å². The first kappa shape index (κ1) is 14.6. The van der Waals surface area contributed by atoms with Gasteiger partial charge in [-0.2, -0.15) is 0 Å². The summed E-state index contributed by atoms with van der Waals surface area (Å²) < 4.78 is 5.18. The summed E-state index contributed by atoms with van der Waals surface area (Å²) in [5.41, 5.74) is 2.57. The van der Waals surface area contributed by atoms with Gasteiger partial charge in [0.1, 0.15) is 5.75 Å². The Kier molecular flexibility index (Phi) is 4.40. The Labute approximate surface area is 131 Å². The number of hydrogen-bond acceptors (Lipinski definition) is 2. The Hall–Kier alpha value is -2.32. The second-order valence-electron chi connectivity index (χ2n) is 5.56. The molecule has 0 saturated heterocycles. The number of nitrogens with one attached hydrogen (secondary N) is 1. The lowest BCUT2D eigenvalue weighted by molar-refractivity contribution is 0.414. The van der Waals surface area contributed by atoms with Crippen LogP contribution >= 0.6 is 0 Å². The maximum Gasteiger partial charge on any atom is 0.118 e. The average Bonchev–Trinajstić information content (AvgIpc) is 2.59. The van der Waals surface area contributed by atoms with Gasteiger partial charge in [0.25, 0.3) is 0 Å². The van der Waals surface area contributed by atoms with Crippen LogP contribution in [0.1, 0.15) is 24.1 Å². The molecule has 1 unspecified atom stereocenters. The highest BCUT2D eigenvalue weighted by Crippen LogP contribution is 2.20. The largest absolute Gasteiger partial charge is 0.497 e. The molecule has 0 bridgehead atoms. The first-order valence-electron chi connectivity index (χ1n) is 7.61. The average molecular weight is 291 g/mol. The summed E-state index contributed by atoms with van der Waals surface area (Å²) in [5, 5.41) is 6.15. The smallest absolute Gasteiger partial charge is 0.118 e. The molecule has 0 aromatic heterocycles. The molecule has 0 aliphatic heterocycles. The summed E-state index contributed by atoms with van der Waals surface area (Å²) in [6, 6.07) is 23.6. The summed E-state index contributed by atoms with van der Waals surface area (Å²) in [6.07, 6.45) is 0. The number of benzene rings is 3. The Morgan fingerprint density at radius 2 is 1.64 bits per heavy atom. The van der Waals surface area contributed by atoms with E-state index in [0.717, 1.165) is 12.3 Å². The standard InChI is InChI=1S/C20H21NO/c1-15(21-14-16-7-11-20(22-2)12-8-16)18-10-9-17-5-3-4-6-19(17)13-18/h3-13,15,21H,14H2,1-2H3. The molecule has 0 aliphatic carbocycles. The van der Waals surface area contributed by atoms with Crippen LogP contribution in [-0.4, -0.2) is 7.11 Å². The lowest BCUT2D eigenvalue weighted by Crippen LogP contribution is -2.17. The van der Waals surface area contributed by atoms with Crippen LogP contribution in [0.25, 0.3) is 10.8 Å². The monoisotopic (exact) mass is 291 g/mol. The van der Waals surface area contributed by atoms with Crippen molar-refractivity contribution < 1.29 is 4.74 Å². The van der Waals surface area contributed by atoms with Crippen molar-refractivity contribution in [2.45, 2.75) is 19.5 Å². The van der Waals surface area contributed by atoms with E-state index in [0.29, 0.717) is 6.04 Å². The topological polar surface area (TPSA) is 21.3 Å². The molecule has 0 aliphatic rings. The minimum atomic E-state index is 0.312. The SMILES string of the molecule is COc1ccc(CNC(C)c2ccc3ccccc3c2)cc1. The van der Waals surface area contributed by atoms with Gasteiger partial charge in [0.2, 0.25) is 0 Å². The minimum Gasteiger partial charge on any atom is -0.497 e. The molecule has 0 radical (unpaired) electrons. The Bertz CT molecular complexity index is 749. The highest BCUT2D eigenvalue weighted by atomic mass is 16.5. The first-order valence-corrected chi connectivity index (χ1v) is 7.61. The third-order valence-corrected chi connectivity index (χ3v) is 4.04. The van der Waals surface area contributed by atoms with Crippen molar-refractivity contribution in [3.63, 3.8) is 0 Å². The fourth-order valence-electron chi connectivity index (χ4n) is 2.61. The van der Waals surface area contributed by atoms with E-state index in [4.69, 9.17) is 4.74 Å². The van der Waals surface area contributed by atoms with Gasteiger partial charge in [0.05, 0.1) is 7.11 Å². The van der Waals surface area contributed by atoms with Crippen LogP contribution in [0.15, 0.2) is 66.7 Å². The van der Waals surface area contributed by atoms with Gasteiger partial charge in [0.15, 0.2) is 0 Å². The molecule has 2 heteroatoms. The predicted molar refractivity (Wildman–Crippen MR) is 92.2 cm³/mol. The highest BCUT2D eigenvalue weighted by molar-refractivity contribution is 5.83. The summed E-state index contributed by atoms with van der Waals surface area (Å²) in [5.74, 6) is 0.895. The van der Waals surface area contributed by atoms with Gasteiger partial charge in [-0.15, -0.1) is 0 Å². The first-order chi connectivity index (χ1) is 10.8. The number of fused-ring (bicyclic) bond motifs is 1. The second-order valence-corrected chi connectivity index (χ2v) is 5.56. The number of rotatable bonds is 5. The van der Waals surface area contributed by atoms with Gasteiger partial charge in [0, 0.05) is 12.6 Å². The van der Waals surface area contributed by atoms with Crippen LogP contribution in [0.5, 0.6) is 5.75 Å². The van der Waals surface area contributed by atoms with Gasteiger partial charge in [-0.25, -0.2) is 0 Å². The molecular weight excluding hydrogens is 270 g/mol.